The number of hydrogen-bond acceptors (Lipinski definition) is 8. The summed E-state index contributed by atoms with van der Waals surface area (Å²) >= 11 is 4.74. The van der Waals surface area contributed by atoms with Crippen LogP contribution in [0.2, 0.25) is 0 Å². The molecule has 0 atom stereocenters. The maximum atomic E-state index is 4.67. The summed E-state index contributed by atoms with van der Waals surface area (Å²) < 4.78 is 2.76. The third-order valence-corrected chi connectivity index (χ3v) is 6.07. The number of thioether (sulfide) groups is 1. The highest BCUT2D eigenvalue weighted by Crippen LogP contribution is 2.28. The molecule has 0 radical (unpaired) electrons. The van der Waals surface area contributed by atoms with Crippen molar-refractivity contribution in [3.8, 4) is 10.6 Å². The molecule has 116 valence electrons. The van der Waals surface area contributed by atoms with E-state index < -0.39 is 0 Å². The van der Waals surface area contributed by atoms with Crippen molar-refractivity contribution in [1.82, 2.24) is 30.0 Å². The molecule has 4 aromatic rings. The molecule has 0 saturated carbocycles. The van der Waals surface area contributed by atoms with Gasteiger partial charge in [-0.3, -0.25) is 0 Å². The summed E-state index contributed by atoms with van der Waals surface area (Å²) in [6, 6.07) is 8.32. The highest BCUT2D eigenvalue weighted by Gasteiger charge is 2.14. The fourth-order valence-electron chi connectivity index (χ4n) is 2.11. The van der Waals surface area contributed by atoms with Crippen LogP contribution in [0.15, 0.2) is 28.6 Å². The van der Waals surface area contributed by atoms with Gasteiger partial charge in [0, 0.05) is 5.56 Å². The average Bonchev–Trinajstić information content (AvgIpc) is 3.21. The first kappa shape index (κ1) is 14.7. The van der Waals surface area contributed by atoms with Gasteiger partial charge in [-0.15, -0.1) is 20.4 Å². The van der Waals surface area contributed by atoms with E-state index in [1.165, 1.54) is 5.56 Å². The molecule has 0 saturated heterocycles. The topological polar surface area (TPSA) is 68.9 Å². The SMILES string of the molecule is Cc1cccc(-c2nn3c(CSc4nnc(C)s4)nnc3s2)c1. The van der Waals surface area contributed by atoms with Gasteiger partial charge >= 0.3 is 0 Å². The van der Waals surface area contributed by atoms with Crippen molar-refractivity contribution in [2.75, 3.05) is 0 Å². The van der Waals surface area contributed by atoms with Crippen LogP contribution in [0.4, 0.5) is 0 Å². The van der Waals surface area contributed by atoms with Crippen LogP contribution in [-0.2, 0) is 5.75 Å². The lowest BCUT2D eigenvalue weighted by Crippen LogP contribution is -1.94. The van der Waals surface area contributed by atoms with Gasteiger partial charge in [0.15, 0.2) is 10.2 Å². The van der Waals surface area contributed by atoms with Crippen molar-refractivity contribution in [3.05, 3.63) is 40.7 Å². The zero-order valence-electron chi connectivity index (χ0n) is 12.4. The van der Waals surface area contributed by atoms with Crippen LogP contribution in [0.5, 0.6) is 0 Å². The molecule has 0 N–H and O–H groups in total. The summed E-state index contributed by atoms with van der Waals surface area (Å²) in [5, 5.41) is 23.2. The molecule has 0 aliphatic carbocycles. The summed E-state index contributed by atoms with van der Waals surface area (Å²) in [7, 11) is 0. The van der Waals surface area contributed by atoms with E-state index in [4.69, 9.17) is 0 Å². The van der Waals surface area contributed by atoms with Gasteiger partial charge in [-0.1, -0.05) is 58.2 Å². The fourth-order valence-corrected chi connectivity index (χ4v) is 4.68. The minimum absolute atomic E-state index is 0.673. The summed E-state index contributed by atoms with van der Waals surface area (Å²) in [5.41, 5.74) is 2.33. The average molecular weight is 360 g/mol. The third-order valence-electron chi connectivity index (χ3n) is 3.15. The minimum Gasteiger partial charge on any atom is -0.186 e. The van der Waals surface area contributed by atoms with E-state index in [-0.39, 0.29) is 0 Å². The van der Waals surface area contributed by atoms with E-state index in [1.807, 2.05) is 17.5 Å². The Balaban J connectivity index is 1.61. The Labute approximate surface area is 144 Å². The molecular formula is C14H12N6S3. The van der Waals surface area contributed by atoms with E-state index in [1.54, 1.807) is 34.4 Å². The van der Waals surface area contributed by atoms with Gasteiger partial charge in [0.05, 0.1) is 5.75 Å². The first-order valence-electron chi connectivity index (χ1n) is 6.90. The molecule has 6 nitrogen and oxygen atoms in total. The molecule has 0 amide bonds. The van der Waals surface area contributed by atoms with Gasteiger partial charge < -0.3 is 0 Å². The van der Waals surface area contributed by atoms with Crippen molar-refractivity contribution in [2.45, 2.75) is 23.9 Å². The Morgan fingerprint density at radius 1 is 1.09 bits per heavy atom. The molecule has 0 fully saturated rings. The largest absolute Gasteiger partial charge is 0.235 e. The molecule has 3 aromatic heterocycles. The van der Waals surface area contributed by atoms with Crippen LogP contribution in [0.1, 0.15) is 16.4 Å². The number of aromatic nitrogens is 6. The molecule has 4 rings (SSSR count). The first-order valence-corrected chi connectivity index (χ1v) is 9.52. The van der Waals surface area contributed by atoms with Crippen LogP contribution < -0.4 is 0 Å². The Morgan fingerprint density at radius 3 is 2.78 bits per heavy atom. The second kappa shape index (κ2) is 5.99. The smallest absolute Gasteiger partial charge is 0.186 e. The summed E-state index contributed by atoms with van der Waals surface area (Å²) in [5.74, 6) is 1.50. The molecule has 0 aliphatic heterocycles. The number of benzene rings is 1. The molecule has 23 heavy (non-hydrogen) atoms. The summed E-state index contributed by atoms with van der Waals surface area (Å²) in [6.07, 6.45) is 0. The number of aryl methyl sites for hydroxylation is 2. The van der Waals surface area contributed by atoms with Crippen LogP contribution in [0.25, 0.3) is 15.5 Å². The minimum atomic E-state index is 0.673. The highest BCUT2D eigenvalue weighted by molar-refractivity contribution is 8.00. The van der Waals surface area contributed by atoms with Gasteiger partial charge in [0.1, 0.15) is 10.0 Å². The second-order valence-corrected chi connectivity index (χ2v) is 8.32. The maximum Gasteiger partial charge on any atom is 0.235 e. The zero-order chi connectivity index (χ0) is 15.8. The zero-order valence-corrected chi connectivity index (χ0v) is 14.9. The molecule has 3 heterocycles. The Morgan fingerprint density at radius 2 is 2.00 bits per heavy atom. The molecule has 0 unspecified atom stereocenters. The van der Waals surface area contributed by atoms with Crippen molar-refractivity contribution >= 4 is 39.4 Å². The predicted octanol–water partition coefficient (Wildman–Crippen LogP) is 3.61. The molecule has 9 heteroatoms. The van der Waals surface area contributed by atoms with Crippen molar-refractivity contribution in [1.29, 1.82) is 0 Å². The highest BCUT2D eigenvalue weighted by atomic mass is 32.2. The van der Waals surface area contributed by atoms with E-state index >= 15 is 0 Å². The van der Waals surface area contributed by atoms with E-state index in [0.29, 0.717) is 5.75 Å². The van der Waals surface area contributed by atoms with Gasteiger partial charge in [-0.25, -0.2) is 0 Å². The molecule has 0 spiro atoms. The normalized spacial score (nSPS) is 11.4. The van der Waals surface area contributed by atoms with E-state index in [9.17, 15) is 0 Å². The monoisotopic (exact) mass is 360 g/mol. The van der Waals surface area contributed by atoms with Crippen molar-refractivity contribution in [2.24, 2.45) is 0 Å². The quantitative estimate of drug-likeness (QED) is 0.518. The van der Waals surface area contributed by atoms with Crippen LogP contribution in [0.3, 0.4) is 0 Å². The van der Waals surface area contributed by atoms with Crippen LogP contribution in [0, 0.1) is 13.8 Å². The van der Waals surface area contributed by atoms with Gasteiger partial charge in [0.2, 0.25) is 4.96 Å². The molecule has 0 bridgehead atoms. The Hall–Kier alpha value is -1.84. The Kier molecular flexibility index (Phi) is 3.83. The van der Waals surface area contributed by atoms with Crippen LogP contribution in [-0.4, -0.2) is 30.0 Å². The van der Waals surface area contributed by atoms with Crippen molar-refractivity contribution < 1.29 is 0 Å². The first-order chi connectivity index (χ1) is 11.2. The maximum absolute atomic E-state index is 4.67. The van der Waals surface area contributed by atoms with E-state index in [0.717, 1.165) is 30.7 Å². The lowest BCUT2D eigenvalue weighted by atomic mass is 10.1. The number of fused-ring (bicyclic) bond motifs is 1. The van der Waals surface area contributed by atoms with E-state index in [2.05, 4.69) is 50.6 Å². The van der Waals surface area contributed by atoms with Crippen molar-refractivity contribution in [3.63, 3.8) is 0 Å². The Bertz CT molecular complexity index is 970. The number of rotatable bonds is 4. The molecular weight excluding hydrogens is 348 g/mol. The number of nitrogens with zero attached hydrogens (tertiary/aromatic N) is 6. The second-order valence-electron chi connectivity index (χ2n) is 4.96. The fraction of sp³-hybridized carbons (Fsp3) is 0.214. The summed E-state index contributed by atoms with van der Waals surface area (Å²) in [6.45, 7) is 4.03. The lowest BCUT2D eigenvalue weighted by molar-refractivity contribution is 0.886. The van der Waals surface area contributed by atoms with Gasteiger partial charge in [0.25, 0.3) is 0 Å². The van der Waals surface area contributed by atoms with Crippen LogP contribution >= 0.6 is 34.4 Å². The molecule has 0 aliphatic rings. The van der Waals surface area contributed by atoms with Gasteiger partial charge in [-0.05, 0) is 19.9 Å². The summed E-state index contributed by atoms with van der Waals surface area (Å²) in [4.78, 5) is 0.811. The third kappa shape index (κ3) is 2.99. The number of hydrogen-bond donors (Lipinski definition) is 0. The lowest BCUT2D eigenvalue weighted by Gasteiger charge is -1.97. The standard InChI is InChI=1S/C14H12N6S3/c1-8-4-3-5-10(6-8)12-19-20-11(16-17-13(20)23-12)7-21-14-18-15-9(2)22-14/h3-6H,7H2,1-2H3. The molecule has 1 aromatic carbocycles. The predicted molar refractivity (Wildman–Crippen MR) is 93.0 cm³/mol. The van der Waals surface area contributed by atoms with Gasteiger partial charge in [-0.2, -0.15) is 9.61 Å².